The van der Waals surface area contributed by atoms with Crippen LogP contribution in [0.3, 0.4) is 0 Å². The Hall–Kier alpha value is -1.59. The minimum atomic E-state index is -0.590. The van der Waals surface area contributed by atoms with Crippen LogP contribution in [0.5, 0.6) is 0 Å². The Bertz CT molecular complexity index is 292. The minimum absolute atomic E-state index is 0.0940. The molecule has 2 unspecified atom stereocenters. The molecule has 0 bridgehead atoms. The van der Waals surface area contributed by atoms with E-state index in [4.69, 9.17) is 14.6 Å². The first-order chi connectivity index (χ1) is 10.5. The van der Waals surface area contributed by atoms with E-state index in [0.29, 0.717) is 19.1 Å². The second kappa shape index (κ2) is 17.5. The molecule has 6 nitrogen and oxygen atoms in total. The number of ether oxygens (including phenoxy) is 1. The lowest BCUT2D eigenvalue weighted by molar-refractivity contribution is -0.152. The zero-order valence-corrected chi connectivity index (χ0v) is 15.0. The van der Waals surface area contributed by atoms with Gasteiger partial charge < -0.3 is 15.2 Å². The number of esters is 1. The van der Waals surface area contributed by atoms with Crippen LogP contribution in [0.25, 0.3) is 0 Å². The zero-order valence-electron chi connectivity index (χ0n) is 15.0. The first-order valence-electron chi connectivity index (χ1n) is 8.00. The average Bonchev–Trinajstić information content (AvgIpc) is 2.84. The van der Waals surface area contributed by atoms with Crippen LogP contribution in [-0.2, 0) is 19.1 Å². The number of hydrogen-bond acceptors (Lipinski definition) is 4. The van der Waals surface area contributed by atoms with Crippen molar-refractivity contribution in [1.29, 1.82) is 0 Å². The number of hydrogen-bond donors (Lipinski definition) is 2. The van der Waals surface area contributed by atoms with E-state index in [-0.39, 0.29) is 24.3 Å². The van der Waals surface area contributed by atoms with Crippen LogP contribution in [0.2, 0.25) is 0 Å². The van der Waals surface area contributed by atoms with Crippen LogP contribution in [0.1, 0.15) is 54.9 Å². The third-order valence-corrected chi connectivity index (χ3v) is 2.61. The fourth-order valence-corrected chi connectivity index (χ4v) is 2.03. The van der Waals surface area contributed by atoms with Gasteiger partial charge in [0.1, 0.15) is 5.92 Å². The van der Waals surface area contributed by atoms with Crippen molar-refractivity contribution in [2.24, 2.45) is 17.8 Å². The molecule has 1 heterocycles. The summed E-state index contributed by atoms with van der Waals surface area (Å²) in [6.07, 6.45) is 0.877. The Labute approximate surface area is 134 Å². The summed E-state index contributed by atoms with van der Waals surface area (Å²) in [6, 6.07) is 0. The van der Waals surface area contributed by atoms with Gasteiger partial charge in [0.15, 0.2) is 0 Å². The van der Waals surface area contributed by atoms with Gasteiger partial charge >= 0.3 is 5.97 Å². The Morgan fingerprint density at radius 2 is 1.82 bits per heavy atom. The Balaban J connectivity index is -0.000000446. The molecule has 2 N–H and O–H groups in total. The first-order valence-corrected chi connectivity index (χ1v) is 8.00. The molecular formula is C16H33NO5. The summed E-state index contributed by atoms with van der Waals surface area (Å²) in [5.74, 6) is -0.569. The normalized spacial score (nSPS) is 18.5. The van der Waals surface area contributed by atoms with E-state index < -0.39 is 5.92 Å². The van der Waals surface area contributed by atoms with Gasteiger partial charge in [0.25, 0.3) is 6.47 Å². The SMILES string of the molecule is CC.CC.CCOC(=O)C1C(=O)NCC1CC(C)C.O=CO. The van der Waals surface area contributed by atoms with Crippen LogP contribution < -0.4 is 5.32 Å². The van der Waals surface area contributed by atoms with E-state index in [1.54, 1.807) is 6.92 Å². The average molecular weight is 319 g/mol. The molecular weight excluding hydrogens is 286 g/mol. The maximum Gasteiger partial charge on any atom is 0.318 e. The van der Waals surface area contributed by atoms with Gasteiger partial charge in [0.2, 0.25) is 5.91 Å². The number of amides is 1. The minimum Gasteiger partial charge on any atom is -0.483 e. The molecule has 1 rings (SSSR count). The first kappa shape index (κ1) is 25.4. The fraction of sp³-hybridized carbons (Fsp3) is 0.812. The van der Waals surface area contributed by atoms with Gasteiger partial charge in [-0.15, -0.1) is 0 Å². The largest absolute Gasteiger partial charge is 0.483 e. The zero-order chi connectivity index (χ0) is 18.1. The van der Waals surface area contributed by atoms with E-state index in [2.05, 4.69) is 19.2 Å². The lowest BCUT2D eigenvalue weighted by Gasteiger charge is -2.16. The van der Waals surface area contributed by atoms with Crippen molar-refractivity contribution in [3.63, 3.8) is 0 Å². The predicted molar refractivity (Wildman–Crippen MR) is 87.5 cm³/mol. The Morgan fingerprint density at radius 1 is 1.36 bits per heavy atom. The summed E-state index contributed by atoms with van der Waals surface area (Å²) in [4.78, 5) is 31.4. The van der Waals surface area contributed by atoms with Crippen molar-refractivity contribution in [3.8, 4) is 0 Å². The molecule has 1 aliphatic rings. The number of carbonyl (C=O) groups excluding carboxylic acids is 2. The highest BCUT2D eigenvalue weighted by Crippen LogP contribution is 2.26. The van der Waals surface area contributed by atoms with Crippen molar-refractivity contribution in [3.05, 3.63) is 0 Å². The molecule has 0 saturated carbocycles. The molecule has 1 fully saturated rings. The monoisotopic (exact) mass is 319 g/mol. The number of carboxylic acid groups (broad SMARTS) is 1. The van der Waals surface area contributed by atoms with Gasteiger partial charge in [-0.1, -0.05) is 41.5 Å². The molecule has 2 atom stereocenters. The molecule has 0 radical (unpaired) electrons. The van der Waals surface area contributed by atoms with E-state index in [0.717, 1.165) is 6.42 Å². The summed E-state index contributed by atoms with van der Waals surface area (Å²) >= 11 is 0. The van der Waals surface area contributed by atoms with Gasteiger partial charge in [-0.05, 0) is 25.2 Å². The smallest absolute Gasteiger partial charge is 0.318 e. The Morgan fingerprint density at radius 3 is 2.18 bits per heavy atom. The predicted octanol–water partition coefficient (Wildman–Crippen LogP) is 2.71. The number of carbonyl (C=O) groups is 3. The number of rotatable bonds is 4. The van der Waals surface area contributed by atoms with Crippen molar-refractivity contribution in [2.45, 2.75) is 54.9 Å². The highest BCUT2D eigenvalue weighted by atomic mass is 16.5. The van der Waals surface area contributed by atoms with Crippen LogP contribution in [0.15, 0.2) is 0 Å². The van der Waals surface area contributed by atoms with Gasteiger partial charge in [0.05, 0.1) is 6.61 Å². The van der Waals surface area contributed by atoms with Crippen LogP contribution >= 0.6 is 0 Å². The molecule has 0 aromatic rings. The number of nitrogens with one attached hydrogen (secondary N) is 1. The van der Waals surface area contributed by atoms with E-state index >= 15 is 0 Å². The lowest BCUT2D eigenvalue weighted by Crippen LogP contribution is -2.30. The van der Waals surface area contributed by atoms with Gasteiger partial charge in [0, 0.05) is 6.54 Å². The van der Waals surface area contributed by atoms with Crippen molar-refractivity contribution < 1.29 is 24.2 Å². The highest BCUT2D eigenvalue weighted by Gasteiger charge is 2.41. The van der Waals surface area contributed by atoms with Crippen LogP contribution in [0, 0.1) is 17.8 Å². The molecule has 0 aromatic carbocycles. The van der Waals surface area contributed by atoms with E-state index in [1.807, 2.05) is 27.7 Å². The topological polar surface area (TPSA) is 92.7 Å². The van der Waals surface area contributed by atoms with Crippen LogP contribution in [-0.4, -0.2) is 36.6 Å². The molecule has 0 spiro atoms. The maximum atomic E-state index is 11.6. The van der Waals surface area contributed by atoms with E-state index in [9.17, 15) is 9.59 Å². The Kier molecular flexibility index (Phi) is 20.1. The van der Waals surface area contributed by atoms with E-state index in [1.165, 1.54) is 0 Å². The standard InChI is InChI=1S/C11H19NO3.2C2H6.CH2O2/c1-4-15-11(14)9-8(5-7(2)3)6-12-10(9)13;2*1-2;2-1-3/h7-9H,4-6H2,1-3H3,(H,12,13);2*1-2H3;1H,(H,2,3). The van der Waals surface area contributed by atoms with Gasteiger partial charge in [-0.25, -0.2) is 0 Å². The molecule has 132 valence electrons. The summed E-state index contributed by atoms with van der Waals surface area (Å²) in [5, 5.41) is 9.61. The third kappa shape index (κ3) is 11.1. The third-order valence-electron chi connectivity index (χ3n) is 2.61. The maximum absolute atomic E-state index is 11.6. The fourth-order valence-electron chi connectivity index (χ4n) is 2.03. The van der Waals surface area contributed by atoms with Crippen LogP contribution in [0.4, 0.5) is 0 Å². The summed E-state index contributed by atoms with van der Waals surface area (Å²) in [6.45, 7) is 14.6. The lowest BCUT2D eigenvalue weighted by atomic mass is 9.88. The molecule has 0 aromatic heterocycles. The van der Waals surface area contributed by atoms with Crippen molar-refractivity contribution in [1.82, 2.24) is 5.32 Å². The molecule has 1 aliphatic heterocycles. The molecule has 6 heteroatoms. The molecule has 1 amide bonds. The van der Waals surface area contributed by atoms with Gasteiger partial charge in [-0.3, -0.25) is 14.4 Å². The quantitative estimate of drug-likeness (QED) is 0.472. The van der Waals surface area contributed by atoms with Crippen molar-refractivity contribution >= 4 is 18.3 Å². The summed E-state index contributed by atoms with van der Waals surface area (Å²) < 4.78 is 4.91. The van der Waals surface area contributed by atoms with Gasteiger partial charge in [-0.2, -0.15) is 0 Å². The summed E-state index contributed by atoms with van der Waals surface area (Å²) in [5.41, 5.74) is 0. The molecule has 22 heavy (non-hydrogen) atoms. The molecule has 0 aliphatic carbocycles. The summed E-state index contributed by atoms with van der Waals surface area (Å²) in [7, 11) is 0. The highest BCUT2D eigenvalue weighted by molar-refractivity contribution is 5.99. The second-order valence-electron chi connectivity index (χ2n) is 4.47. The van der Waals surface area contributed by atoms with Crippen molar-refractivity contribution in [2.75, 3.05) is 13.2 Å². The second-order valence-corrected chi connectivity index (χ2v) is 4.47. The molecule has 1 saturated heterocycles.